The molecule has 7 nitrogen and oxygen atoms in total. The van der Waals surface area contributed by atoms with E-state index in [0.717, 1.165) is 24.8 Å². The van der Waals surface area contributed by atoms with Gasteiger partial charge in [0.15, 0.2) is 5.78 Å². The zero-order valence-corrected chi connectivity index (χ0v) is 21.3. The van der Waals surface area contributed by atoms with E-state index in [4.69, 9.17) is 9.47 Å². The van der Waals surface area contributed by atoms with Crippen LogP contribution >= 0.6 is 0 Å². The number of allylic oxidation sites excluding steroid dienone is 1. The Labute approximate surface area is 206 Å². The molecule has 7 heteroatoms. The summed E-state index contributed by atoms with van der Waals surface area (Å²) in [5, 5.41) is 34.2. The number of aliphatic hydroxyl groups is 3. The quantitative estimate of drug-likeness (QED) is 0.406. The largest absolute Gasteiger partial charge is 0.456 e. The summed E-state index contributed by atoms with van der Waals surface area (Å²) in [6.07, 6.45) is 3.94. The second-order valence-corrected chi connectivity index (χ2v) is 12.9. The van der Waals surface area contributed by atoms with Crippen LogP contribution < -0.4 is 0 Å². The predicted molar refractivity (Wildman–Crippen MR) is 126 cm³/mol. The van der Waals surface area contributed by atoms with Gasteiger partial charge in [-0.3, -0.25) is 4.79 Å². The number of rotatable bonds is 2. The molecule has 1 spiro atoms. The molecule has 3 N–H and O–H groups in total. The first-order valence-electron chi connectivity index (χ1n) is 13.2. The Morgan fingerprint density at radius 2 is 1.83 bits per heavy atom. The molecule has 0 aromatic rings. The van der Waals surface area contributed by atoms with Gasteiger partial charge < -0.3 is 24.8 Å². The van der Waals surface area contributed by atoms with Crippen LogP contribution in [0.4, 0.5) is 0 Å². The number of fused-ring (bicyclic) bond motifs is 4. The molecule has 1 saturated heterocycles. The molecule has 12 atom stereocenters. The summed E-state index contributed by atoms with van der Waals surface area (Å²) in [4.78, 5) is 25.8. The first-order valence-corrected chi connectivity index (χ1v) is 13.2. The Bertz CT molecular complexity index is 1060. The number of cyclic esters (lactones) is 1. The molecule has 0 amide bonds. The van der Waals surface area contributed by atoms with Crippen molar-refractivity contribution in [1.82, 2.24) is 0 Å². The summed E-state index contributed by atoms with van der Waals surface area (Å²) in [5.74, 6) is -0.547. The number of hydrogen-bond acceptors (Lipinski definition) is 7. The van der Waals surface area contributed by atoms with E-state index >= 15 is 0 Å². The SMILES string of the molecule is CC1=C(C)C(=O)O[C@@H]([C@](C)(O)[C@H]2[C@@H](O)C[C@@H]3[C@H]4C[C@H]5O[C@]56[C@@H](O)C=CC(=O)[C@]6(C)[C@H]4CC[C@@]32C)C1. The van der Waals surface area contributed by atoms with Gasteiger partial charge in [-0.2, -0.15) is 0 Å². The Hall–Kier alpha value is -1.54. The van der Waals surface area contributed by atoms with Gasteiger partial charge in [-0.25, -0.2) is 4.79 Å². The van der Waals surface area contributed by atoms with E-state index < -0.39 is 46.8 Å². The lowest BCUT2D eigenvalue weighted by molar-refractivity contribution is -0.193. The van der Waals surface area contributed by atoms with Crippen molar-refractivity contribution in [2.45, 2.75) is 102 Å². The molecule has 0 bridgehead atoms. The van der Waals surface area contributed by atoms with Gasteiger partial charge in [0.25, 0.3) is 0 Å². The molecule has 192 valence electrons. The van der Waals surface area contributed by atoms with Crippen molar-refractivity contribution in [2.75, 3.05) is 0 Å². The molecule has 35 heavy (non-hydrogen) atoms. The number of aliphatic hydroxyl groups excluding tert-OH is 2. The summed E-state index contributed by atoms with van der Waals surface area (Å²) in [7, 11) is 0. The van der Waals surface area contributed by atoms with E-state index in [-0.39, 0.29) is 35.1 Å². The van der Waals surface area contributed by atoms with E-state index in [2.05, 4.69) is 6.92 Å². The Balaban J connectivity index is 1.34. The summed E-state index contributed by atoms with van der Waals surface area (Å²) in [5.41, 5.74) is -1.89. The van der Waals surface area contributed by atoms with Crippen LogP contribution in [0.5, 0.6) is 0 Å². The molecule has 0 radical (unpaired) electrons. The van der Waals surface area contributed by atoms with Crippen molar-refractivity contribution >= 4 is 11.8 Å². The van der Waals surface area contributed by atoms with Crippen molar-refractivity contribution in [2.24, 2.45) is 34.5 Å². The lowest BCUT2D eigenvalue weighted by Gasteiger charge is -2.58. The number of carbonyl (C=O) groups is 2. The summed E-state index contributed by atoms with van der Waals surface area (Å²) < 4.78 is 11.9. The zero-order valence-electron chi connectivity index (χ0n) is 21.3. The van der Waals surface area contributed by atoms with Crippen LogP contribution in [0.25, 0.3) is 0 Å². The standard InChI is InChI=1S/C28H38O7/c1-13-10-21(34-24(32)14(13)2)27(5,33)23-18(29)12-17-15-11-22-28(35-22)20(31)7-6-19(30)26(28,4)16(15)8-9-25(17,23)3/h6-7,15-18,20-23,29,31,33H,8-12H2,1-5H3/t15-,16-,17+,18-,20-,21+,22+,23-,25-,26-,27-,28+/m0/s1. The molecular weight excluding hydrogens is 448 g/mol. The van der Waals surface area contributed by atoms with E-state index in [9.17, 15) is 24.9 Å². The van der Waals surface area contributed by atoms with Crippen LogP contribution in [-0.2, 0) is 19.1 Å². The second kappa shape index (κ2) is 7.06. The maximum atomic E-state index is 13.3. The minimum absolute atomic E-state index is 0.0254. The molecule has 3 saturated carbocycles. The van der Waals surface area contributed by atoms with Gasteiger partial charge in [0, 0.05) is 17.9 Å². The molecule has 6 aliphatic rings. The van der Waals surface area contributed by atoms with Crippen molar-refractivity contribution in [3.05, 3.63) is 23.3 Å². The third-order valence-electron chi connectivity index (χ3n) is 11.6. The third kappa shape index (κ3) is 2.71. The molecule has 4 aliphatic carbocycles. The Kier molecular flexibility index (Phi) is 4.81. The van der Waals surface area contributed by atoms with E-state index in [0.29, 0.717) is 18.4 Å². The van der Waals surface area contributed by atoms with Gasteiger partial charge in [-0.15, -0.1) is 0 Å². The summed E-state index contributed by atoms with van der Waals surface area (Å²) in [6.45, 7) is 9.49. The molecular formula is C28H38O7. The van der Waals surface area contributed by atoms with Crippen molar-refractivity contribution in [3.8, 4) is 0 Å². The van der Waals surface area contributed by atoms with Crippen LogP contribution in [-0.4, -0.2) is 62.7 Å². The van der Waals surface area contributed by atoms with Crippen molar-refractivity contribution in [3.63, 3.8) is 0 Å². The number of carbonyl (C=O) groups excluding carboxylic acids is 2. The topological polar surface area (TPSA) is 117 Å². The highest BCUT2D eigenvalue weighted by Crippen LogP contribution is 2.73. The summed E-state index contributed by atoms with van der Waals surface area (Å²) >= 11 is 0. The van der Waals surface area contributed by atoms with Crippen LogP contribution in [0.2, 0.25) is 0 Å². The summed E-state index contributed by atoms with van der Waals surface area (Å²) in [6, 6.07) is 0. The van der Waals surface area contributed by atoms with E-state index in [1.165, 1.54) is 6.08 Å². The van der Waals surface area contributed by atoms with Gasteiger partial charge in [0.2, 0.25) is 0 Å². The van der Waals surface area contributed by atoms with Gasteiger partial charge >= 0.3 is 5.97 Å². The molecule has 4 fully saturated rings. The highest BCUT2D eigenvalue weighted by molar-refractivity contribution is 5.98. The fourth-order valence-electron chi connectivity index (χ4n) is 9.65. The molecule has 0 aromatic carbocycles. The average Bonchev–Trinajstić information content (AvgIpc) is 3.45. The number of esters is 1. The van der Waals surface area contributed by atoms with Crippen molar-refractivity contribution < 1.29 is 34.4 Å². The maximum Gasteiger partial charge on any atom is 0.334 e. The highest BCUT2D eigenvalue weighted by Gasteiger charge is 2.80. The minimum atomic E-state index is -1.40. The molecule has 2 aliphatic heterocycles. The van der Waals surface area contributed by atoms with Crippen molar-refractivity contribution in [1.29, 1.82) is 0 Å². The van der Waals surface area contributed by atoms with Gasteiger partial charge in [-0.1, -0.05) is 12.5 Å². The minimum Gasteiger partial charge on any atom is -0.456 e. The number of ether oxygens (including phenoxy) is 2. The second-order valence-electron chi connectivity index (χ2n) is 12.9. The third-order valence-corrected chi connectivity index (χ3v) is 11.6. The molecule has 6 rings (SSSR count). The fourth-order valence-corrected chi connectivity index (χ4v) is 9.65. The smallest absolute Gasteiger partial charge is 0.334 e. The number of hydrogen-bond donors (Lipinski definition) is 3. The lowest BCUT2D eigenvalue weighted by atomic mass is 9.44. The lowest BCUT2D eigenvalue weighted by Crippen LogP contribution is -2.64. The highest BCUT2D eigenvalue weighted by atomic mass is 16.6. The number of ketones is 1. The predicted octanol–water partition coefficient (Wildman–Crippen LogP) is 2.47. The normalized spacial score (nSPS) is 54.3. The van der Waals surface area contributed by atoms with E-state index in [1.54, 1.807) is 19.9 Å². The average molecular weight is 487 g/mol. The first-order chi connectivity index (χ1) is 16.3. The van der Waals surface area contributed by atoms with Crippen LogP contribution in [0.3, 0.4) is 0 Å². The van der Waals surface area contributed by atoms with Crippen LogP contribution in [0, 0.1) is 34.5 Å². The monoisotopic (exact) mass is 486 g/mol. The molecule has 2 heterocycles. The Morgan fingerprint density at radius 3 is 2.51 bits per heavy atom. The van der Waals surface area contributed by atoms with Crippen LogP contribution in [0.15, 0.2) is 23.3 Å². The Morgan fingerprint density at radius 1 is 1.11 bits per heavy atom. The van der Waals surface area contributed by atoms with Gasteiger partial charge in [0.1, 0.15) is 23.4 Å². The maximum absolute atomic E-state index is 13.3. The number of epoxide rings is 1. The zero-order chi connectivity index (χ0) is 25.3. The van der Waals surface area contributed by atoms with Gasteiger partial charge in [-0.05, 0) is 88.7 Å². The fraction of sp³-hybridized carbons (Fsp3) is 0.786. The van der Waals surface area contributed by atoms with E-state index in [1.807, 2.05) is 13.8 Å². The van der Waals surface area contributed by atoms with Gasteiger partial charge in [0.05, 0.1) is 17.6 Å². The first kappa shape index (κ1) is 23.8. The van der Waals surface area contributed by atoms with Crippen LogP contribution in [0.1, 0.15) is 66.7 Å². The molecule has 0 aromatic heterocycles. The molecule has 0 unspecified atom stereocenters.